The Kier molecular flexibility index (Phi) is 5.25. The Hall–Kier alpha value is -0.820. The first kappa shape index (κ1) is 13.6. The first-order valence-corrected chi connectivity index (χ1v) is 7.61. The van der Waals surface area contributed by atoms with Gasteiger partial charge in [-0.3, -0.25) is 0 Å². The van der Waals surface area contributed by atoms with Crippen LogP contribution in [0.25, 0.3) is 0 Å². The number of unbranched alkanes of at least 4 members (excludes halogenated alkanes) is 3. The Balaban J connectivity index is 1.82. The first-order chi connectivity index (χ1) is 8.81. The van der Waals surface area contributed by atoms with Gasteiger partial charge in [0.15, 0.2) is 0 Å². The fraction of sp³-hybridized carbons (Fsp3) is 0.647. The van der Waals surface area contributed by atoms with Crippen LogP contribution in [0.3, 0.4) is 0 Å². The third kappa shape index (κ3) is 4.13. The second kappa shape index (κ2) is 6.94. The molecule has 1 unspecified atom stereocenters. The molecule has 1 nitrogen and oxygen atoms in total. The molecule has 2 rings (SSSR count). The summed E-state index contributed by atoms with van der Waals surface area (Å²) in [6, 6.07) is 9.69. The van der Waals surface area contributed by atoms with Gasteiger partial charge in [-0.05, 0) is 44.2 Å². The van der Waals surface area contributed by atoms with E-state index < -0.39 is 0 Å². The van der Waals surface area contributed by atoms with Gasteiger partial charge in [0.1, 0.15) is 0 Å². The van der Waals surface area contributed by atoms with E-state index in [1.54, 1.807) is 0 Å². The molecule has 1 aromatic carbocycles. The minimum absolute atomic E-state index is 0.604. The molecule has 100 valence electrons. The lowest BCUT2D eigenvalue weighted by atomic mass is 10.0. The van der Waals surface area contributed by atoms with E-state index >= 15 is 0 Å². The third-order valence-electron chi connectivity index (χ3n) is 3.92. The summed E-state index contributed by atoms with van der Waals surface area (Å²) in [5, 5.41) is 3.78. The highest BCUT2D eigenvalue weighted by atomic mass is 14.9. The Morgan fingerprint density at radius 2 is 1.83 bits per heavy atom. The standard InChI is InChI=1S/C17H27N/c1-3-4-5-6-13-18-17(16-11-12-16)15-9-7-14(2)8-10-15/h7-10,16-18H,3-6,11-13H2,1-2H3. The summed E-state index contributed by atoms with van der Waals surface area (Å²) >= 11 is 0. The summed E-state index contributed by atoms with van der Waals surface area (Å²) in [4.78, 5) is 0. The van der Waals surface area contributed by atoms with Gasteiger partial charge >= 0.3 is 0 Å². The van der Waals surface area contributed by atoms with E-state index in [1.165, 1.54) is 56.2 Å². The molecule has 0 spiro atoms. The number of aryl methyl sites for hydroxylation is 1. The highest BCUT2D eigenvalue weighted by Crippen LogP contribution is 2.40. The summed E-state index contributed by atoms with van der Waals surface area (Å²) in [5.41, 5.74) is 2.84. The summed E-state index contributed by atoms with van der Waals surface area (Å²) < 4.78 is 0. The van der Waals surface area contributed by atoms with Gasteiger partial charge in [-0.25, -0.2) is 0 Å². The minimum Gasteiger partial charge on any atom is -0.310 e. The van der Waals surface area contributed by atoms with Gasteiger partial charge in [-0.2, -0.15) is 0 Å². The normalized spacial score (nSPS) is 16.8. The Morgan fingerprint density at radius 1 is 1.11 bits per heavy atom. The van der Waals surface area contributed by atoms with E-state index in [9.17, 15) is 0 Å². The number of hydrogen-bond acceptors (Lipinski definition) is 1. The second-order valence-electron chi connectivity index (χ2n) is 5.74. The maximum atomic E-state index is 3.78. The highest BCUT2D eigenvalue weighted by Gasteiger charge is 2.31. The molecule has 0 amide bonds. The molecule has 0 heterocycles. The lowest BCUT2D eigenvalue weighted by molar-refractivity contribution is 0.466. The molecule has 0 radical (unpaired) electrons. The van der Waals surface area contributed by atoms with Crippen LogP contribution in [0, 0.1) is 12.8 Å². The van der Waals surface area contributed by atoms with E-state index in [-0.39, 0.29) is 0 Å². The van der Waals surface area contributed by atoms with Crippen molar-refractivity contribution in [1.29, 1.82) is 0 Å². The molecule has 18 heavy (non-hydrogen) atoms. The van der Waals surface area contributed by atoms with Gasteiger partial charge in [0.25, 0.3) is 0 Å². The van der Waals surface area contributed by atoms with Gasteiger partial charge in [0.05, 0.1) is 0 Å². The molecule has 0 aromatic heterocycles. The van der Waals surface area contributed by atoms with Crippen molar-refractivity contribution in [2.45, 2.75) is 58.4 Å². The van der Waals surface area contributed by atoms with Crippen LogP contribution in [0.5, 0.6) is 0 Å². The van der Waals surface area contributed by atoms with Crippen molar-refractivity contribution >= 4 is 0 Å². The van der Waals surface area contributed by atoms with Crippen molar-refractivity contribution in [1.82, 2.24) is 5.32 Å². The van der Waals surface area contributed by atoms with Crippen molar-refractivity contribution in [2.24, 2.45) is 5.92 Å². The quantitative estimate of drug-likeness (QED) is 0.659. The first-order valence-electron chi connectivity index (χ1n) is 7.61. The van der Waals surface area contributed by atoms with Gasteiger partial charge in [-0.15, -0.1) is 0 Å². The number of hydrogen-bond donors (Lipinski definition) is 1. The van der Waals surface area contributed by atoms with Gasteiger partial charge in [0, 0.05) is 6.04 Å². The molecule has 0 bridgehead atoms. The van der Waals surface area contributed by atoms with Crippen LogP contribution < -0.4 is 5.32 Å². The molecule has 1 aromatic rings. The van der Waals surface area contributed by atoms with Gasteiger partial charge in [0.2, 0.25) is 0 Å². The Labute approximate surface area is 112 Å². The zero-order chi connectivity index (χ0) is 12.8. The maximum absolute atomic E-state index is 3.78. The van der Waals surface area contributed by atoms with Crippen LogP contribution >= 0.6 is 0 Å². The molecule has 1 aliphatic rings. The number of nitrogens with one attached hydrogen (secondary N) is 1. The molecule has 0 aliphatic heterocycles. The molecule has 1 N–H and O–H groups in total. The molecular formula is C17H27N. The van der Waals surface area contributed by atoms with E-state index in [4.69, 9.17) is 0 Å². The topological polar surface area (TPSA) is 12.0 Å². The molecule has 1 saturated carbocycles. The molecule has 1 fully saturated rings. The predicted molar refractivity (Wildman–Crippen MR) is 78.8 cm³/mol. The zero-order valence-electron chi connectivity index (χ0n) is 11.9. The lowest BCUT2D eigenvalue weighted by Crippen LogP contribution is -2.24. The van der Waals surface area contributed by atoms with E-state index in [1.807, 2.05) is 0 Å². The van der Waals surface area contributed by atoms with E-state index in [0.29, 0.717) is 6.04 Å². The highest BCUT2D eigenvalue weighted by molar-refractivity contribution is 5.25. The van der Waals surface area contributed by atoms with Crippen molar-refractivity contribution < 1.29 is 0 Å². The fourth-order valence-electron chi connectivity index (χ4n) is 2.57. The summed E-state index contributed by atoms with van der Waals surface area (Å²) in [7, 11) is 0. The SMILES string of the molecule is CCCCCCNC(c1ccc(C)cc1)C1CC1. The van der Waals surface area contributed by atoms with E-state index in [0.717, 1.165) is 5.92 Å². The molecule has 1 aliphatic carbocycles. The average molecular weight is 245 g/mol. The largest absolute Gasteiger partial charge is 0.310 e. The average Bonchev–Trinajstić information content (AvgIpc) is 3.20. The molecule has 0 saturated heterocycles. The van der Waals surface area contributed by atoms with Gasteiger partial charge in [-0.1, -0.05) is 56.0 Å². The number of benzene rings is 1. The van der Waals surface area contributed by atoms with Crippen LogP contribution in [0.4, 0.5) is 0 Å². The molecule has 1 heteroatoms. The summed E-state index contributed by atoms with van der Waals surface area (Å²) in [5.74, 6) is 0.888. The van der Waals surface area contributed by atoms with Gasteiger partial charge < -0.3 is 5.32 Å². The van der Waals surface area contributed by atoms with Crippen molar-refractivity contribution in [2.75, 3.05) is 6.54 Å². The van der Waals surface area contributed by atoms with Crippen LogP contribution in [0.15, 0.2) is 24.3 Å². The van der Waals surface area contributed by atoms with Crippen molar-refractivity contribution in [3.63, 3.8) is 0 Å². The fourth-order valence-corrected chi connectivity index (χ4v) is 2.57. The third-order valence-corrected chi connectivity index (χ3v) is 3.92. The van der Waals surface area contributed by atoms with Crippen LogP contribution in [-0.4, -0.2) is 6.54 Å². The van der Waals surface area contributed by atoms with Crippen LogP contribution in [-0.2, 0) is 0 Å². The predicted octanol–water partition coefficient (Wildman–Crippen LogP) is 4.62. The molecule has 1 atom stereocenters. The van der Waals surface area contributed by atoms with Crippen molar-refractivity contribution in [3.05, 3.63) is 35.4 Å². The number of rotatable bonds is 8. The van der Waals surface area contributed by atoms with Crippen LogP contribution in [0.2, 0.25) is 0 Å². The Bertz CT molecular complexity index is 337. The minimum atomic E-state index is 0.604. The van der Waals surface area contributed by atoms with E-state index in [2.05, 4.69) is 43.4 Å². The maximum Gasteiger partial charge on any atom is 0.0348 e. The monoisotopic (exact) mass is 245 g/mol. The van der Waals surface area contributed by atoms with Crippen molar-refractivity contribution in [3.8, 4) is 0 Å². The Morgan fingerprint density at radius 3 is 2.44 bits per heavy atom. The smallest absolute Gasteiger partial charge is 0.0348 e. The zero-order valence-corrected chi connectivity index (χ0v) is 11.9. The lowest BCUT2D eigenvalue weighted by Gasteiger charge is -2.19. The van der Waals surface area contributed by atoms with Crippen LogP contribution in [0.1, 0.15) is 62.6 Å². The summed E-state index contributed by atoms with van der Waals surface area (Å²) in [6.07, 6.45) is 8.20. The second-order valence-corrected chi connectivity index (χ2v) is 5.74. The summed E-state index contributed by atoms with van der Waals surface area (Å²) in [6.45, 7) is 5.61. The molecular weight excluding hydrogens is 218 g/mol.